The largest absolute Gasteiger partial charge is 0.423 e. The lowest BCUT2D eigenvalue weighted by atomic mass is 10.1. The van der Waals surface area contributed by atoms with Gasteiger partial charge in [0, 0.05) is 35.0 Å². The van der Waals surface area contributed by atoms with Gasteiger partial charge in [-0.05, 0) is 37.5 Å². The number of nitrogens with zero attached hydrogens (tertiary/aromatic N) is 3. The predicted molar refractivity (Wildman–Crippen MR) is 174 cm³/mol. The van der Waals surface area contributed by atoms with Gasteiger partial charge < -0.3 is 14.3 Å². The van der Waals surface area contributed by atoms with Gasteiger partial charge in [0.15, 0.2) is 10.7 Å². The Hall–Kier alpha value is -3.48. The van der Waals surface area contributed by atoms with E-state index >= 15 is 0 Å². The normalized spacial score (nSPS) is 11.6. The summed E-state index contributed by atoms with van der Waals surface area (Å²) in [6, 6.07) is 27.1. The number of oxazole rings is 1. The number of aromatic nitrogens is 3. The van der Waals surface area contributed by atoms with E-state index in [9.17, 15) is 0 Å². The van der Waals surface area contributed by atoms with Crippen molar-refractivity contribution >= 4 is 40.5 Å². The molecule has 0 fully saturated rings. The second-order valence-electron chi connectivity index (χ2n) is 10.1. The van der Waals surface area contributed by atoms with Crippen molar-refractivity contribution in [3.8, 4) is 22.5 Å². The molecule has 0 saturated heterocycles. The Labute approximate surface area is 252 Å². The Morgan fingerprint density at radius 3 is 2.44 bits per heavy atom. The lowest BCUT2D eigenvalue weighted by Gasteiger charge is -2.18. The molecule has 0 spiro atoms. The Kier molecular flexibility index (Phi) is 10.6. The number of anilines is 1. The van der Waals surface area contributed by atoms with Gasteiger partial charge in [-0.15, -0.1) is 0 Å². The number of fused-ring (bicyclic) bond motifs is 1. The minimum Gasteiger partial charge on any atom is -0.423 e. The number of unbranched alkanes of at least 4 members (excludes halogenated alkanes) is 4. The maximum atomic E-state index is 6.17. The van der Waals surface area contributed by atoms with Crippen LogP contribution < -0.4 is 4.90 Å². The molecule has 1 N–H and O–H groups in total. The fourth-order valence-electron chi connectivity index (χ4n) is 4.72. The topological polar surface area (TPSA) is 58.0 Å². The number of hydrogen-bond donors (Lipinski definition) is 1. The molecule has 7 heteroatoms. The summed E-state index contributed by atoms with van der Waals surface area (Å²) in [6.45, 7) is 3.90. The van der Waals surface area contributed by atoms with Gasteiger partial charge in [-0.1, -0.05) is 122 Å². The van der Waals surface area contributed by atoms with E-state index in [1.807, 2.05) is 30.3 Å². The zero-order valence-corrected chi connectivity index (χ0v) is 25.1. The number of rotatable bonds is 15. The van der Waals surface area contributed by atoms with Crippen LogP contribution in [-0.4, -0.2) is 33.8 Å². The molecule has 2 aromatic heterocycles. The fourth-order valence-corrected chi connectivity index (χ4v) is 5.76. The van der Waals surface area contributed by atoms with Crippen LogP contribution in [0.25, 0.3) is 33.6 Å². The molecule has 0 radical (unpaired) electrons. The number of aromatic amines is 1. The van der Waals surface area contributed by atoms with Crippen molar-refractivity contribution in [3.05, 3.63) is 96.0 Å². The highest BCUT2D eigenvalue weighted by Crippen LogP contribution is 2.33. The van der Waals surface area contributed by atoms with E-state index in [0.29, 0.717) is 11.0 Å². The SMILES string of the molecule is CCCCC=CCN(CCCCCSc1nc(-c2ccccc2)c(-c2ccccc2)[nH]1)c1nc2cc(Cl)ccc2o1. The van der Waals surface area contributed by atoms with Gasteiger partial charge in [-0.2, -0.15) is 4.98 Å². The zero-order valence-electron chi connectivity index (χ0n) is 23.6. The number of nitrogens with one attached hydrogen (secondary N) is 1. The molecule has 0 aliphatic heterocycles. The summed E-state index contributed by atoms with van der Waals surface area (Å²) in [4.78, 5) is 15.5. The van der Waals surface area contributed by atoms with Crippen molar-refractivity contribution in [2.24, 2.45) is 0 Å². The van der Waals surface area contributed by atoms with E-state index < -0.39 is 0 Å². The van der Waals surface area contributed by atoms with E-state index in [0.717, 1.165) is 83.3 Å². The van der Waals surface area contributed by atoms with Crippen LogP contribution >= 0.6 is 23.4 Å². The average molecular weight is 585 g/mol. The predicted octanol–water partition coefficient (Wildman–Crippen LogP) is 10.1. The minimum atomic E-state index is 0.661. The first-order chi connectivity index (χ1) is 20.2. The summed E-state index contributed by atoms with van der Waals surface area (Å²) in [6.07, 6.45) is 11.3. The van der Waals surface area contributed by atoms with Gasteiger partial charge in [0.1, 0.15) is 5.52 Å². The van der Waals surface area contributed by atoms with E-state index in [2.05, 4.69) is 77.5 Å². The number of imidazole rings is 1. The Balaban J connectivity index is 1.17. The van der Waals surface area contributed by atoms with Crippen LogP contribution in [0.2, 0.25) is 5.02 Å². The van der Waals surface area contributed by atoms with Crippen molar-refractivity contribution < 1.29 is 4.42 Å². The maximum Gasteiger partial charge on any atom is 0.298 e. The molecule has 5 aromatic rings. The molecule has 0 aliphatic carbocycles. The van der Waals surface area contributed by atoms with Crippen LogP contribution in [0, 0.1) is 0 Å². The summed E-state index contributed by atoms with van der Waals surface area (Å²) in [5.41, 5.74) is 5.91. The van der Waals surface area contributed by atoms with Crippen LogP contribution in [0.15, 0.2) is 101 Å². The second kappa shape index (κ2) is 14.9. The van der Waals surface area contributed by atoms with Gasteiger partial charge in [0.2, 0.25) is 0 Å². The number of thioether (sulfide) groups is 1. The monoisotopic (exact) mass is 584 g/mol. The molecule has 0 aliphatic rings. The third kappa shape index (κ3) is 8.05. The number of benzene rings is 3. The molecule has 2 heterocycles. The summed E-state index contributed by atoms with van der Waals surface area (Å²) >= 11 is 7.96. The van der Waals surface area contributed by atoms with Crippen molar-refractivity contribution in [1.29, 1.82) is 0 Å². The van der Waals surface area contributed by atoms with E-state index in [1.54, 1.807) is 11.8 Å². The van der Waals surface area contributed by atoms with Crippen LogP contribution in [0.5, 0.6) is 0 Å². The van der Waals surface area contributed by atoms with Gasteiger partial charge in [-0.3, -0.25) is 0 Å². The van der Waals surface area contributed by atoms with Gasteiger partial charge in [0.05, 0.1) is 11.4 Å². The summed E-state index contributed by atoms with van der Waals surface area (Å²) in [7, 11) is 0. The quantitative estimate of drug-likeness (QED) is 0.0753. The minimum absolute atomic E-state index is 0.661. The number of H-pyrrole nitrogens is 1. The summed E-state index contributed by atoms with van der Waals surface area (Å²) in [5, 5.41) is 1.64. The number of hydrogen-bond acceptors (Lipinski definition) is 5. The molecule has 41 heavy (non-hydrogen) atoms. The van der Waals surface area contributed by atoms with Crippen molar-refractivity contribution in [3.63, 3.8) is 0 Å². The van der Waals surface area contributed by atoms with Crippen LogP contribution in [0.3, 0.4) is 0 Å². The third-order valence-corrected chi connectivity index (χ3v) is 8.12. The average Bonchev–Trinajstić information content (AvgIpc) is 3.63. The standard InChI is InChI=1S/C34H37ClN4OS/c1-2-3-4-5-13-22-39(34-36-29-25-28(35)20-21-30(29)40-34)23-14-8-15-24-41-33-37-31(26-16-9-6-10-17-26)32(38-33)27-18-11-7-12-19-27/h5-7,9-13,16-21,25H,2-4,8,14-15,22-24H2,1H3,(H,37,38). The molecule has 0 amide bonds. The molecule has 5 nitrogen and oxygen atoms in total. The molecule has 3 aromatic carbocycles. The first kappa shape index (κ1) is 29.0. The van der Waals surface area contributed by atoms with Crippen molar-refractivity contribution in [1.82, 2.24) is 15.0 Å². The maximum absolute atomic E-state index is 6.17. The number of allylic oxidation sites excluding steroid dienone is 1. The van der Waals surface area contributed by atoms with E-state index in [4.69, 9.17) is 26.0 Å². The summed E-state index contributed by atoms with van der Waals surface area (Å²) in [5.74, 6) is 1.01. The summed E-state index contributed by atoms with van der Waals surface area (Å²) < 4.78 is 6.09. The molecule has 0 unspecified atom stereocenters. The number of halogens is 1. The van der Waals surface area contributed by atoms with Gasteiger partial charge in [0.25, 0.3) is 6.01 Å². The van der Waals surface area contributed by atoms with Gasteiger partial charge >= 0.3 is 0 Å². The zero-order chi connectivity index (χ0) is 28.3. The van der Waals surface area contributed by atoms with Crippen LogP contribution in [0.1, 0.15) is 45.4 Å². The van der Waals surface area contributed by atoms with Crippen molar-refractivity contribution in [2.45, 2.75) is 50.6 Å². The molecule has 0 atom stereocenters. The van der Waals surface area contributed by atoms with Gasteiger partial charge in [-0.25, -0.2) is 4.98 Å². The molecule has 0 bridgehead atoms. The van der Waals surface area contributed by atoms with Crippen molar-refractivity contribution in [2.75, 3.05) is 23.7 Å². The highest BCUT2D eigenvalue weighted by molar-refractivity contribution is 7.99. The third-order valence-electron chi connectivity index (χ3n) is 6.93. The van der Waals surface area contributed by atoms with E-state index in [1.165, 1.54) is 12.8 Å². The first-order valence-corrected chi connectivity index (χ1v) is 15.9. The second-order valence-corrected chi connectivity index (χ2v) is 11.6. The Bertz CT molecular complexity index is 1470. The smallest absolute Gasteiger partial charge is 0.298 e. The first-order valence-electron chi connectivity index (χ1n) is 14.5. The lowest BCUT2D eigenvalue weighted by molar-refractivity contribution is 0.564. The Morgan fingerprint density at radius 2 is 1.66 bits per heavy atom. The molecular formula is C34H37ClN4OS. The molecule has 0 saturated carbocycles. The molecular weight excluding hydrogens is 548 g/mol. The molecule has 212 valence electrons. The van der Waals surface area contributed by atoms with Crippen LogP contribution in [0.4, 0.5) is 6.01 Å². The fraction of sp³-hybridized carbons (Fsp3) is 0.294. The highest BCUT2D eigenvalue weighted by Gasteiger charge is 2.15. The molecule has 5 rings (SSSR count). The van der Waals surface area contributed by atoms with Crippen LogP contribution in [-0.2, 0) is 0 Å². The Morgan fingerprint density at radius 1 is 0.878 bits per heavy atom. The lowest BCUT2D eigenvalue weighted by Crippen LogP contribution is -2.24. The van der Waals surface area contributed by atoms with E-state index in [-0.39, 0.29) is 0 Å². The highest BCUT2D eigenvalue weighted by atomic mass is 35.5.